The average molecular weight is 446 g/mol. The summed E-state index contributed by atoms with van der Waals surface area (Å²) in [5.41, 5.74) is -3.62. The van der Waals surface area contributed by atoms with Crippen LogP contribution >= 0.6 is 0 Å². The summed E-state index contributed by atoms with van der Waals surface area (Å²) in [5.74, 6) is -1.04. The lowest BCUT2D eigenvalue weighted by Crippen LogP contribution is -2.13. The van der Waals surface area contributed by atoms with Crippen LogP contribution < -0.4 is 0 Å². The topological polar surface area (TPSA) is 198 Å². The van der Waals surface area contributed by atoms with Crippen LogP contribution in [0.4, 0.5) is 17.1 Å². The van der Waals surface area contributed by atoms with Gasteiger partial charge in [-0.1, -0.05) is 5.16 Å². The Morgan fingerprint density at radius 1 is 0.938 bits per heavy atom. The monoisotopic (exact) mass is 446 g/mol. The van der Waals surface area contributed by atoms with Crippen molar-refractivity contribution < 1.29 is 34.2 Å². The second-order valence-electron chi connectivity index (χ2n) is 6.36. The van der Waals surface area contributed by atoms with Crippen molar-refractivity contribution in [3.05, 3.63) is 71.3 Å². The number of benzene rings is 2. The van der Waals surface area contributed by atoms with Gasteiger partial charge in [0.25, 0.3) is 17.1 Å². The highest BCUT2D eigenvalue weighted by atomic mass is 16.6. The van der Waals surface area contributed by atoms with Crippen LogP contribution in [0.5, 0.6) is 0 Å². The molecule has 0 fully saturated rings. The van der Waals surface area contributed by atoms with Gasteiger partial charge in [0, 0.05) is 41.5 Å². The summed E-state index contributed by atoms with van der Waals surface area (Å²) in [5, 5.41) is 46.9. The van der Waals surface area contributed by atoms with E-state index >= 15 is 0 Å². The molecule has 0 aromatic heterocycles. The third-order valence-electron chi connectivity index (χ3n) is 4.59. The zero-order valence-electron chi connectivity index (χ0n) is 16.3. The number of hydrogen-bond donors (Lipinski definition) is 1. The first-order chi connectivity index (χ1) is 15.2. The highest BCUT2D eigenvalue weighted by Gasteiger charge is 2.39. The van der Waals surface area contributed by atoms with E-state index in [9.17, 15) is 40.3 Å². The molecule has 0 amide bonds. The maximum Gasteiger partial charge on any atom is 0.339 e. The Bertz CT molecular complexity index is 1190. The predicted octanol–water partition coefficient (Wildman–Crippen LogP) is 2.81. The average Bonchev–Trinajstić information content (AvgIpc) is 3.08. The number of ether oxygens (including phenoxy) is 2. The Balaban J connectivity index is 2.31. The van der Waals surface area contributed by atoms with E-state index in [-0.39, 0.29) is 35.5 Å². The molecule has 0 atom stereocenters. The molecule has 14 heteroatoms. The smallest absolute Gasteiger partial charge is 0.339 e. The molecule has 2 aromatic carbocycles. The third-order valence-corrected chi connectivity index (χ3v) is 4.59. The molecule has 2 aromatic rings. The van der Waals surface area contributed by atoms with E-state index in [0.717, 1.165) is 18.2 Å². The van der Waals surface area contributed by atoms with Crippen molar-refractivity contribution in [1.29, 1.82) is 0 Å². The van der Waals surface area contributed by atoms with Crippen LogP contribution in [0.15, 0.2) is 29.4 Å². The van der Waals surface area contributed by atoms with Crippen molar-refractivity contribution in [2.24, 2.45) is 5.16 Å². The first-order valence-electron chi connectivity index (χ1n) is 8.98. The van der Waals surface area contributed by atoms with E-state index in [2.05, 4.69) is 5.16 Å². The zero-order chi connectivity index (χ0) is 23.6. The number of nitro groups is 3. The summed E-state index contributed by atoms with van der Waals surface area (Å²) in [4.78, 5) is 44.4. The molecule has 3 rings (SSSR count). The molecule has 0 bridgehead atoms. The standard InChI is InChI=1S/C18H14N4O10/c1-2-31-3-4-32-18(23)13-7-9(20(25)26)5-11-15(13)16-12(17(11)19-24)6-10(21(27)28)8-14(16)22(29)30/h5-8,24H,2-4H2,1H3/b19-17-. The zero-order valence-corrected chi connectivity index (χ0v) is 16.3. The maximum atomic E-state index is 12.7. The summed E-state index contributed by atoms with van der Waals surface area (Å²) in [7, 11) is 0. The van der Waals surface area contributed by atoms with E-state index < -0.39 is 49.1 Å². The molecule has 0 heterocycles. The molecule has 14 nitrogen and oxygen atoms in total. The number of rotatable bonds is 8. The van der Waals surface area contributed by atoms with E-state index in [1.807, 2.05) is 0 Å². The largest absolute Gasteiger partial charge is 0.460 e. The van der Waals surface area contributed by atoms with Crippen molar-refractivity contribution >= 4 is 28.7 Å². The molecule has 0 saturated carbocycles. The summed E-state index contributed by atoms with van der Waals surface area (Å²) < 4.78 is 10.1. The van der Waals surface area contributed by atoms with E-state index in [4.69, 9.17) is 9.47 Å². The summed E-state index contributed by atoms with van der Waals surface area (Å²) in [6.45, 7) is 1.94. The fourth-order valence-electron chi connectivity index (χ4n) is 3.33. The molecule has 0 radical (unpaired) electrons. The minimum Gasteiger partial charge on any atom is -0.460 e. The van der Waals surface area contributed by atoms with Crippen LogP contribution in [0.3, 0.4) is 0 Å². The molecule has 0 aliphatic heterocycles. The van der Waals surface area contributed by atoms with Crippen LogP contribution in [0.1, 0.15) is 28.4 Å². The van der Waals surface area contributed by atoms with Crippen molar-refractivity contribution in [1.82, 2.24) is 0 Å². The van der Waals surface area contributed by atoms with E-state index in [1.165, 1.54) is 0 Å². The first-order valence-corrected chi connectivity index (χ1v) is 8.98. The molecule has 1 aliphatic rings. The van der Waals surface area contributed by atoms with Crippen molar-refractivity contribution in [3.8, 4) is 11.1 Å². The van der Waals surface area contributed by atoms with Crippen molar-refractivity contribution in [3.63, 3.8) is 0 Å². The Morgan fingerprint density at radius 3 is 2.06 bits per heavy atom. The molecule has 0 spiro atoms. The van der Waals surface area contributed by atoms with Gasteiger partial charge in [0.2, 0.25) is 0 Å². The minimum atomic E-state index is -1.04. The lowest BCUT2D eigenvalue weighted by molar-refractivity contribution is -0.393. The Hall–Kier alpha value is -4.46. The van der Waals surface area contributed by atoms with Gasteiger partial charge in [0.05, 0.1) is 38.6 Å². The number of non-ortho nitro benzene ring substituents is 2. The first kappa shape index (κ1) is 22.2. The number of oxime groups is 1. The van der Waals surface area contributed by atoms with Crippen LogP contribution in [0.25, 0.3) is 11.1 Å². The van der Waals surface area contributed by atoms with E-state index in [1.54, 1.807) is 6.92 Å². The molecule has 0 unspecified atom stereocenters. The number of fused-ring (bicyclic) bond motifs is 3. The number of esters is 1. The molecule has 1 aliphatic carbocycles. The van der Waals surface area contributed by atoms with Crippen LogP contribution in [0.2, 0.25) is 0 Å². The van der Waals surface area contributed by atoms with Gasteiger partial charge in [0.1, 0.15) is 12.3 Å². The van der Waals surface area contributed by atoms with Gasteiger partial charge >= 0.3 is 5.97 Å². The van der Waals surface area contributed by atoms with Gasteiger partial charge in [-0.3, -0.25) is 30.3 Å². The lowest BCUT2D eigenvalue weighted by atomic mass is 9.97. The van der Waals surface area contributed by atoms with Gasteiger partial charge < -0.3 is 14.7 Å². The Morgan fingerprint density at radius 2 is 1.53 bits per heavy atom. The normalized spacial score (nSPS) is 12.8. The second kappa shape index (κ2) is 8.73. The van der Waals surface area contributed by atoms with Gasteiger partial charge in [-0.15, -0.1) is 0 Å². The Kier molecular flexibility index (Phi) is 6.06. The number of nitrogens with zero attached hydrogens (tertiary/aromatic N) is 4. The number of carbonyl (C=O) groups excluding carboxylic acids is 1. The second-order valence-corrected chi connectivity index (χ2v) is 6.36. The molecular formula is C18H14N4O10. The lowest BCUT2D eigenvalue weighted by Gasteiger charge is -2.10. The molecule has 166 valence electrons. The Labute approximate surface area is 178 Å². The van der Waals surface area contributed by atoms with Gasteiger partial charge in [-0.2, -0.15) is 0 Å². The van der Waals surface area contributed by atoms with Crippen LogP contribution in [-0.4, -0.2) is 51.5 Å². The number of nitro benzene ring substituents is 3. The SMILES string of the molecule is CCOCCOC(=O)c1cc([N+](=O)[O-])cc2c1-c1c(cc([N+](=O)[O-])cc1[N+](=O)[O-])/C2=N\O. The summed E-state index contributed by atoms with van der Waals surface area (Å²) >= 11 is 0. The molecule has 32 heavy (non-hydrogen) atoms. The maximum absolute atomic E-state index is 12.7. The fraction of sp³-hybridized carbons (Fsp3) is 0.222. The molecular weight excluding hydrogens is 432 g/mol. The molecule has 0 saturated heterocycles. The number of carbonyl (C=O) groups is 1. The van der Waals surface area contributed by atoms with E-state index in [0.29, 0.717) is 12.7 Å². The highest BCUT2D eigenvalue weighted by Crippen LogP contribution is 2.47. The fourth-order valence-corrected chi connectivity index (χ4v) is 3.33. The van der Waals surface area contributed by atoms with Crippen molar-refractivity contribution in [2.45, 2.75) is 6.92 Å². The number of hydrogen-bond acceptors (Lipinski definition) is 11. The van der Waals surface area contributed by atoms with Crippen LogP contribution in [-0.2, 0) is 9.47 Å². The quantitative estimate of drug-likeness (QED) is 0.176. The van der Waals surface area contributed by atoms with Gasteiger partial charge in [0.15, 0.2) is 0 Å². The highest BCUT2D eigenvalue weighted by molar-refractivity contribution is 6.28. The van der Waals surface area contributed by atoms with Gasteiger partial charge in [-0.25, -0.2) is 4.79 Å². The molecule has 1 N–H and O–H groups in total. The van der Waals surface area contributed by atoms with Crippen LogP contribution in [0, 0.1) is 30.3 Å². The summed E-state index contributed by atoms with van der Waals surface area (Å²) in [6.07, 6.45) is 0. The predicted molar refractivity (Wildman–Crippen MR) is 106 cm³/mol. The third kappa shape index (κ3) is 3.81. The van der Waals surface area contributed by atoms with Gasteiger partial charge in [-0.05, 0) is 6.92 Å². The minimum absolute atomic E-state index is 0.0473. The summed E-state index contributed by atoms with van der Waals surface area (Å²) in [6, 6.07) is 3.44. The van der Waals surface area contributed by atoms with Crippen molar-refractivity contribution in [2.75, 3.05) is 19.8 Å².